The van der Waals surface area contributed by atoms with Crippen LogP contribution in [0, 0.1) is 0 Å². The van der Waals surface area contributed by atoms with Gasteiger partial charge in [-0.05, 0) is 12.0 Å². The van der Waals surface area contributed by atoms with Crippen LogP contribution in [0.2, 0.25) is 0 Å². The Balaban J connectivity index is 3.94. The van der Waals surface area contributed by atoms with E-state index in [1.807, 2.05) is 6.92 Å². The van der Waals surface area contributed by atoms with Gasteiger partial charge in [0.05, 0.1) is 7.11 Å². The Hall–Kier alpha value is -0.830. The average molecular weight is 143 g/mol. The molecule has 0 amide bonds. The van der Waals surface area contributed by atoms with Gasteiger partial charge in [0, 0.05) is 0 Å². The lowest BCUT2D eigenvalue weighted by molar-refractivity contribution is -0.141. The second-order valence-corrected chi connectivity index (χ2v) is 2.01. The molecule has 0 spiro atoms. The van der Waals surface area contributed by atoms with Crippen molar-refractivity contribution in [3.05, 3.63) is 12.2 Å². The van der Waals surface area contributed by atoms with Crippen molar-refractivity contribution < 1.29 is 9.53 Å². The van der Waals surface area contributed by atoms with Crippen molar-refractivity contribution in [2.75, 3.05) is 7.11 Å². The Bertz CT molecular complexity index is 127. The van der Waals surface area contributed by atoms with Gasteiger partial charge in [0.15, 0.2) is 0 Å². The summed E-state index contributed by atoms with van der Waals surface area (Å²) < 4.78 is 4.41. The summed E-state index contributed by atoms with van der Waals surface area (Å²) in [6.45, 7) is 5.51. The quantitative estimate of drug-likeness (QED) is 0.461. The monoisotopic (exact) mass is 143 g/mol. The fourth-order valence-electron chi connectivity index (χ4n) is 0.514. The van der Waals surface area contributed by atoms with E-state index in [-0.39, 0.29) is 0 Å². The van der Waals surface area contributed by atoms with Gasteiger partial charge in [0.2, 0.25) is 0 Å². The lowest BCUT2D eigenvalue weighted by Gasteiger charge is -2.09. The minimum absolute atomic E-state index is 0.424. The van der Waals surface area contributed by atoms with Crippen molar-refractivity contribution in [3.63, 3.8) is 0 Å². The Morgan fingerprint density at radius 2 is 2.30 bits per heavy atom. The predicted octanol–water partition coefficient (Wildman–Crippen LogP) is 0.453. The highest BCUT2D eigenvalue weighted by atomic mass is 16.5. The van der Waals surface area contributed by atoms with Gasteiger partial charge < -0.3 is 10.5 Å². The molecule has 2 N–H and O–H groups in total. The molecule has 10 heavy (non-hydrogen) atoms. The molecule has 0 heterocycles. The zero-order valence-corrected chi connectivity index (χ0v) is 6.39. The average Bonchev–Trinajstić information content (AvgIpc) is 2.00. The molecule has 0 bridgehead atoms. The maximum Gasteiger partial charge on any atom is 0.326 e. The first-order chi connectivity index (χ1) is 4.63. The first-order valence-corrected chi connectivity index (χ1v) is 3.14. The highest BCUT2D eigenvalue weighted by Gasteiger charge is 2.14. The summed E-state index contributed by atoms with van der Waals surface area (Å²) in [7, 11) is 1.31. The van der Waals surface area contributed by atoms with Crippen LogP contribution in [0.3, 0.4) is 0 Å². The maximum absolute atomic E-state index is 10.7. The van der Waals surface area contributed by atoms with E-state index in [2.05, 4.69) is 11.3 Å². The molecule has 0 aliphatic rings. The minimum atomic E-state index is -0.657. The molecule has 0 saturated carbocycles. The molecule has 1 atom stereocenters. The molecule has 3 nitrogen and oxygen atoms in total. The molecule has 0 radical (unpaired) electrons. The van der Waals surface area contributed by atoms with Gasteiger partial charge in [-0.3, -0.25) is 4.79 Å². The van der Waals surface area contributed by atoms with Crippen LogP contribution in [0.15, 0.2) is 12.2 Å². The second-order valence-electron chi connectivity index (χ2n) is 2.01. The Labute approximate surface area is 60.9 Å². The molecule has 0 unspecified atom stereocenters. The summed E-state index contributed by atoms with van der Waals surface area (Å²) in [5.74, 6) is -0.424. The topological polar surface area (TPSA) is 52.3 Å². The van der Waals surface area contributed by atoms with Gasteiger partial charge in [-0.25, -0.2) is 0 Å². The Kier molecular flexibility index (Phi) is 3.72. The van der Waals surface area contributed by atoms with Crippen LogP contribution in [0.4, 0.5) is 0 Å². The third-order valence-electron chi connectivity index (χ3n) is 1.35. The number of hydrogen-bond donors (Lipinski definition) is 1. The Morgan fingerprint density at radius 1 is 1.80 bits per heavy atom. The summed E-state index contributed by atoms with van der Waals surface area (Å²) in [5, 5.41) is 0. The van der Waals surface area contributed by atoms with E-state index in [0.29, 0.717) is 12.0 Å². The number of rotatable bonds is 3. The zero-order valence-electron chi connectivity index (χ0n) is 6.39. The molecule has 0 aromatic heterocycles. The first-order valence-electron chi connectivity index (χ1n) is 3.14. The summed E-state index contributed by atoms with van der Waals surface area (Å²) in [6.07, 6.45) is 0.705. The van der Waals surface area contributed by atoms with Crippen LogP contribution in [-0.2, 0) is 9.53 Å². The number of ether oxygens (including phenoxy) is 1. The minimum Gasteiger partial charge on any atom is -0.468 e. The molecule has 0 fully saturated rings. The van der Waals surface area contributed by atoms with Gasteiger partial charge >= 0.3 is 5.97 Å². The van der Waals surface area contributed by atoms with Crippen LogP contribution < -0.4 is 5.73 Å². The molecule has 0 aromatic rings. The van der Waals surface area contributed by atoms with Crippen molar-refractivity contribution in [2.24, 2.45) is 5.73 Å². The molecular formula is C7H13NO2. The van der Waals surface area contributed by atoms with E-state index in [1.165, 1.54) is 7.11 Å². The molecule has 0 saturated heterocycles. The second kappa shape index (κ2) is 4.06. The van der Waals surface area contributed by atoms with Crippen molar-refractivity contribution in [3.8, 4) is 0 Å². The van der Waals surface area contributed by atoms with Gasteiger partial charge in [-0.1, -0.05) is 13.5 Å². The largest absolute Gasteiger partial charge is 0.468 e. The summed E-state index contributed by atoms with van der Waals surface area (Å²) in [4.78, 5) is 10.7. The molecule has 58 valence electrons. The fraction of sp³-hybridized carbons (Fsp3) is 0.571. The van der Waals surface area contributed by atoms with E-state index in [9.17, 15) is 4.79 Å². The van der Waals surface area contributed by atoms with Crippen LogP contribution in [0.1, 0.15) is 13.3 Å². The number of esters is 1. The van der Waals surface area contributed by atoms with Crippen molar-refractivity contribution in [1.29, 1.82) is 0 Å². The molecule has 0 aliphatic carbocycles. The number of nitrogens with two attached hydrogens (primary N) is 1. The van der Waals surface area contributed by atoms with Crippen molar-refractivity contribution >= 4 is 5.97 Å². The third-order valence-corrected chi connectivity index (χ3v) is 1.35. The van der Waals surface area contributed by atoms with Gasteiger partial charge in [-0.15, -0.1) is 0 Å². The highest BCUT2D eigenvalue weighted by Crippen LogP contribution is 2.02. The van der Waals surface area contributed by atoms with Crippen LogP contribution >= 0.6 is 0 Å². The SMILES string of the molecule is C=C(CC)[C@@H](N)C(=O)OC. The zero-order chi connectivity index (χ0) is 8.15. The standard InChI is InChI=1S/C7H13NO2/c1-4-5(2)6(8)7(9)10-3/h6H,2,4,8H2,1,3H3/t6-/m1/s1. The van der Waals surface area contributed by atoms with Crippen LogP contribution in [0.5, 0.6) is 0 Å². The maximum atomic E-state index is 10.7. The van der Waals surface area contributed by atoms with Crippen LogP contribution in [0.25, 0.3) is 0 Å². The third kappa shape index (κ3) is 2.19. The lowest BCUT2D eigenvalue weighted by atomic mass is 10.1. The molecule has 0 aromatic carbocycles. The van der Waals surface area contributed by atoms with E-state index in [0.717, 1.165) is 0 Å². The summed E-state index contributed by atoms with van der Waals surface area (Å²) in [6, 6.07) is -0.657. The Morgan fingerprint density at radius 3 is 2.60 bits per heavy atom. The van der Waals surface area contributed by atoms with Crippen LogP contribution in [-0.4, -0.2) is 19.1 Å². The van der Waals surface area contributed by atoms with Gasteiger partial charge in [-0.2, -0.15) is 0 Å². The molecule has 0 aliphatic heterocycles. The highest BCUT2D eigenvalue weighted by molar-refractivity contribution is 5.78. The molecular weight excluding hydrogens is 130 g/mol. The van der Waals surface area contributed by atoms with E-state index < -0.39 is 12.0 Å². The first kappa shape index (κ1) is 9.17. The van der Waals surface area contributed by atoms with E-state index in [4.69, 9.17) is 5.73 Å². The number of hydrogen-bond acceptors (Lipinski definition) is 3. The fourth-order valence-corrected chi connectivity index (χ4v) is 0.514. The summed E-state index contributed by atoms with van der Waals surface area (Å²) >= 11 is 0. The normalized spacial score (nSPS) is 12.3. The van der Waals surface area contributed by atoms with Crippen molar-refractivity contribution in [2.45, 2.75) is 19.4 Å². The van der Waals surface area contributed by atoms with E-state index >= 15 is 0 Å². The molecule has 3 heteroatoms. The summed E-state index contributed by atoms with van der Waals surface area (Å²) in [5.41, 5.74) is 6.11. The van der Waals surface area contributed by atoms with Crippen molar-refractivity contribution in [1.82, 2.24) is 0 Å². The van der Waals surface area contributed by atoms with Gasteiger partial charge in [0.25, 0.3) is 0 Å². The number of carbonyl (C=O) groups excluding carboxylic acids is 1. The van der Waals surface area contributed by atoms with Gasteiger partial charge in [0.1, 0.15) is 6.04 Å². The number of carbonyl (C=O) groups is 1. The number of methoxy groups -OCH3 is 1. The smallest absolute Gasteiger partial charge is 0.326 e. The van der Waals surface area contributed by atoms with E-state index in [1.54, 1.807) is 0 Å². The predicted molar refractivity (Wildman–Crippen MR) is 39.4 cm³/mol. The molecule has 0 rings (SSSR count). The lowest BCUT2D eigenvalue weighted by Crippen LogP contribution is -2.32.